The summed E-state index contributed by atoms with van der Waals surface area (Å²) < 4.78 is 26.5. The zero-order chi connectivity index (χ0) is 12.3. The zero-order valence-electron chi connectivity index (χ0n) is 9.86. The van der Waals surface area contributed by atoms with Gasteiger partial charge in [0.25, 0.3) is 0 Å². The predicted octanol–water partition coefficient (Wildman–Crippen LogP) is 4.71. The number of benzene rings is 1. The molecule has 1 unspecified atom stereocenters. The number of hydrogen-bond acceptors (Lipinski definition) is 0. The molecule has 0 aromatic heterocycles. The summed E-state index contributed by atoms with van der Waals surface area (Å²) in [6, 6.07) is 4.33. The van der Waals surface area contributed by atoms with Crippen LogP contribution >= 0.6 is 15.9 Å². The summed E-state index contributed by atoms with van der Waals surface area (Å²) in [5.41, 5.74) is 0.502. The van der Waals surface area contributed by atoms with Gasteiger partial charge in [-0.1, -0.05) is 48.8 Å². The second-order valence-corrected chi connectivity index (χ2v) is 5.83. The first kappa shape index (κ1) is 13.6. The van der Waals surface area contributed by atoms with Crippen LogP contribution in [0, 0.1) is 17.0 Å². The molecule has 0 fully saturated rings. The fraction of sp³-hybridized carbons (Fsp3) is 0.538. The molecule has 0 N–H and O–H groups in total. The van der Waals surface area contributed by atoms with Crippen LogP contribution in [0.25, 0.3) is 0 Å². The Labute approximate surface area is 104 Å². The van der Waals surface area contributed by atoms with Gasteiger partial charge in [-0.25, -0.2) is 8.78 Å². The van der Waals surface area contributed by atoms with Crippen LogP contribution < -0.4 is 0 Å². The van der Waals surface area contributed by atoms with E-state index in [2.05, 4.69) is 36.7 Å². The Bertz CT molecular complexity index is 361. The number of hydrogen-bond donors (Lipinski definition) is 0. The fourth-order valence-electron chi connectivity index (χ4n) is 1.40. The molecule has 3 heteroatoms. The Kier molecular flexibility index (Phi) is 4.48. The van der Waals surface area contributed by atoms with Crippen LogP contribution in [0.5, 0.6) is 0 Å². The average Bonchev–Trinajstić information content (AvgIpc) is 2.24. The highest BCUT2D eigenvalue weighted by Gasteiger charge is 2.26. The van der Waals surface area contributed by atoms with Gasteiger partial charge in [0.1, 0.15) is 0 Å². The van der Waals surface area contributed by atoms with Crippen molar-refractivity contribution in [1.29, 1.82) is 0 Å². The molecule has 0 saturated heterocycles. The molecule has 1 rings (SSSR count). The van der Waals surface area contributed by atoms with Gasteiger partial charge in [0, 0.05) is 4.83 Å². The van der Waals surface area contributed by atoms with E-state index in [9.17, 15) is 8.78 Å². The molecule has 0 heterocycles. The lowest BCUT2D eigenvalue weighted by Crippen LogP contribution is -2.25. The third-order valence-electron chi connectivity index (χ3n) is 3.19. The number of alkyl halides is 1. The highest BCUT2D eigenvalue weighted by Crippen LogP contribution is 2.33. The van der Waals surface area contributed by atoms with E-state index in [0.717, 1.165) is 12.5 Å². The molecule has 0 radical (unpaired) electrons. The van der Waals surface area contributed by atoms with Crippen molar-refractivity contribution in [3.8, 4) is 0 Å². The summed E-state index contributed by atoms with van der Waals surface area (Å²) in [4.78, 5) is 0.140. The minimum Gasteiger partial charge on any atom is -0.204 e. The molecule has 90 valence electrons. The van der Waals surface area contributed by atoms with E-state index in [1.54, 1.807) is 12.1 Å². The van der Waals surface area contributed by atoms with Crippen molar-refractivity contribution in [1.82, 2.24) is 0 Å². The van der Waals surface area contributed by atoms with Gasteiger partial charge in [0.05, 0.1) is 0 Å². The Balaban J connectivity index is 2.85. The highest BCUT2D eigenvalue weighted by atomic mass is 79.9. The quantitative estimate of drug-likeness (QED) is 0.705. The first-order chi connectivity index (χ1) is 7.38. The number of halogens is 3. The van der Waals surface area contributed by atoms with Crippen LogP contribution in [-0.4, -0.2) is 4.83 Å². The van der Waals surface area contributed by atoms with Crippen molar-refractivity contribution >= 4 is 15.9 Å². The molecule has 0 bridgehead atoms. The van der Waals surface area contributed by atoms with E-state index in [0.29, 0.717) is 12.0 Å². The van der Waals surface area contributed by atoms with E-state index in [1.165, 1.54) is 0 Å². The lowest BCUT2D eigenvalue weighted by atomic mass is 9.83. The number of rotatable bonds is 4. The monoisotopic (exact) mass is 290 g/mol. The fourth-order valence-corrected chi connectivity index (χ4v) is 2.07. The van der Waals surface area contributed by atoms with Crippen molar-refractivity contribution in [2.24, 2.45) is 5.41 Å². The largest absolute Gasteiger partial charge is 0.204 e. The van der Waals surface area contributed by atoms with Gasteiger partial charge in [-0.05, 0) is 29.9 Å². The van der Waals surface area contributed by atoms with Gasteiger partial charge in [0.2, 0.25) is 0 Å². The Morgan fingerprint density at radius 1 is 1.31 bits per heavy atom. The molecule has 0 saturated carbocycles. The molecule has 0 spiro atoms. The van der Waals surface area contributed by atoms with Crippen molar-refractivity contribution in [2.45, 2.75) is 38.4 Å². The molecule has 16 heavy (non-hydrogen) atoms. The van der Waals surface area contributed by atoms with Gasteiger partial charge >= 0.3 is 0 Å². The third-order valence-corrected chi connectivity index (χ3v) is 4.75. The molecule has 0 aliphatic rings. The molecular formula is C13H17BrF2. The van der Waals surface area contributed by atoms with Crippen molar-refractivity contribution < 1.29 is 8.78 Å². The van der Waals surface area contributed by atoms with Crippen molar-refractivity contribution in [2.75, 3.05) is 0 Å². The average molecular weight is 291 g/mol. The molecule has 1 aromatic rings. The van der Waals surface area contributed by atoms with Crippen LogP contribution in [0.3, 0.4) is 0 Å². The van der Waals surface area contributed by atoms with E-state index in [4.69, 9.17) is 0 Å². The minimum absolute atomic E-state index is 0.0682. The van der Waals surface area contributed by atoms with Gasteiger partial charge in [-0.15, -0.1) is 0 Å². The summed E-state index contributed by atoms with van der Waals surface area (Å²) in [5.74, 6) is -1.50. The van der Waals surface area contributed by atoms with Crippen molar-refractivity contribution in [3.05, 3.63) is 35.4 Å². The second-order valence-electron chi connectivity index (χ2n) is 4.73. The van der Waals surface area contributed by atoms with Crippen molar-refractivity contribution in [3.63, 3.8) is 0 Å². The summed E-state index contributed by atoms with van der Waals surface area (Å²) in [6.45, 7) is 6.32. The maximum absolute atomic E-state index is 13.5. The molecule has 0 amide bonds. The maximum Gasteiger partial charge on any atom is 0.162 e. The Hall–Kier alpha value is -0.440. The second kappa shape index (κ2) is 5.26. The summed E-state index contributed by atoms with van der Waals surface area (Å²) in [7, 11) is 0. The van der Waals surface area contributed by atoms with Crippen LogP contribution in [0.15, 0.2) is 18.2 Å². The summed E-state index contributed by atoms with van der Waals surface area (Å²) >= 11 is 3.57. The highest BCUT2D eigenvalue weighted by molar-refractivity contribution is 9.09. The van der Waals surface area contributed by atoms with Gasteiger partial charge in [-0.2, -0.15) is 0 Å². The molecule has 0 nitrogen and oxygen atoms in total. The third kappa shape index (κ3) is 3.03. The van der Waals surface area contributed by atoms with E-state index >= 15 is 0 Å². The maximum atomic E-state index is 13.5. The van der Waals surface area contributed by atoms with Crippen LogP contribution in [0.4, 0.5) is 8.78 Å². The van der Waals surface area contributed by atoms with E-state index < -0.39 is 11.6 Å². The SMILES string of the molecule is CCC(C)(C)C(Br)Cc1cccc(F)c1F. The first-order valence-corrected chi connectivity index (χ1v) is 6.37. The Morgan fingerprint density at radius 3 is 2.50 bits per heavy atom. The normalized spacial score (nSPS) is 13.9. The molecule has 1 atom stereocenters. The van der Waals surface area contributed by atoms with Gasteiger partial charge < -0.3 is 0 Å². The van der Waals surface area contributed by atoms with Gasteiger partial charge in [-0.3, -0.25) is 0 Å². The smallest absolute Gasteiger partial charge is 0.162 e. The topological polar surface area (TPSA) is 0 Å². The Morgan fingerprint density at radius 2 is 1.94 bits per heavy atom. The molecule has 0 aliphatic carbocycles. The van der Waals surface area contributed by atoms with Gasteiger partial charge in [0.15, 0.2) is 11.6 Å². The standard InChI is InChI=1S/C13H17BrF2/c1-4-13(2,3)11(14)8-9-6-5-7-10(15)12(9)16/h5-7,11H,4,8H2,1-3H3. The molecule has 0 aliphatic heterocycles. The van der Waals surface area contributed by atoms with Crippen LogP contribution in [0.1, 0.15) is 32.8 Å². The summed E-state index contributed by atoms with van der Waals surface area (Å²) in [6.07, 6.45) is 1.49. The lowest BCUT2D eigenvalue weighted by molar-refractivity contribution is 0.337. The van der Waals surface area contributed by atoms with E-state index in [1.807, 2.05) is 0 Å². The molecule has 1 aromatic carbocycles. The first-order valence-electron chi connectivity index (χ1n) is 5.45. The van der Waals surface area contributed by atoms with Crippen LogP contribution in [-0.2, 0) is 6.42 Å². The molecular weight excluding hydrogens is 274 g/mol. The van der Waals surface area contributed by atoms with E-state index in [-0.39, 0.29) is 10.2 Å². The lowest BCUT2D eigenvalue weighted by Gasteiger charge is -2.29. The van der Waals surface area contributed by atoms with Crippen LogP contribution in [0.2, 0.25) is 0 Å². The zero-order valence-corrected chi connectivity index (χ0v) is 11.4. The minimum atomic E-state index is -0.772. The predicted molar refractivity (Wildman–Crippen MR) is 66.8 cm³/mol. The summed E-state index contributed by atoms with van der Waals surface area (Å²) in [5, 5.41) is 0.